The minimum atomic E-state index is -0.237. The van der Waals surface area contributed by atoms with Crippen molar-refractivity contribution in [1.82, 2.24) is 5.32 Å². The van der Waals surface area contributed by atoms with Crippen LogP contribution in [0.15, 0.2) is 24.3 Å². The number of rotatable bonds is 8. The molecule has 2 N–H and O–H groups in total. The number of halogens is 1. The van der Waals surface area contributed by atoms with Gasteiger partial charge in [-0.3, -0.25) is 0 Å². The lowest BCUT2D eigenvalue weighted by atomic mass is 9.93. The molecule has 0 aromatic heterocycles. The zero-order valence-corrected chi connectivity index (χ0v) is 12.4. The maximum absolute atomic E-state index is 13.0. The molecule has 4 heteroatoms. The van der Waals surface area contributed by atoms with Crippen molar-refractivity contribution in [2.24, 2.45) is 5.92 Å². The summed E-state index contributed by atoms with van der Waals surface area (Å²) in [6.07, 6.45) is 3.40. The maximum Gasteiger partial charge on any atom is 0.123 e. The Kier molecular flexibility index (Phi) is 5.00. The van der Waals surface area contributed by atoms with Gasteiger partial charge in [0.25, 0.3) is 0 Å². The predicted octanol–water partition coefficient (Wildman–Crippen LogP) is 2.40. The lowest BCUT2D eigenvalue weighted by Gasteiger charge is -2.38. The molecule has 1 aliphatic rings. The van der Waals surface area contributed by atoms with Gasteiger partial charge in [0, 0.05) is 19.3 Å². The second-order valence-electron chi connectivity index (χ2n) is 5.85. The number of hydrogen-bond donors (Lipinski definition) is 2. The molecule has 0 amide bonds. The first-order chi connectivity index (χ1) is 9.61. The van der Waals surface area contributed by atoms with Crippen LogP contribution in [0.5, 0.6) is 0 Å². The Balaban J connectivity index is 2.08. The first kappa shape index (κ1) is 15.3. The van der Waals surface area contributed by atoms with Crippen molar-refractivity contribution in [3.63, 3.8) is 0 Å². The third kappa shape index (κ3) is 3.49. The van der Waals surface area contributed by atoms with E-state index >= 15 is 0 Å². The van der Waals surface area contributed by atoms with E-state index in [2.05, 4.69) is 17.1 Å². The molecule has 112 valence electrons. The van der Waals surface area contributed by atoms with Gasteiger partial charge in [-0.25, -0.2) is 4.39 Å². The molecule has 2 rings (SSSR count). The molecule has 0 bridgehead atoms. The van der Waals surface area contributed by atoms with Gasteiger partial charge in [-0.15, -0.1) is 0 Å². The molecular weight excluding hydrogens is 255 g/mol. The third-order valence-corrected chi connectivity index (χ3v) is 4.15. The zero-order chi connectivity index (χ0) is 14.6. The average molecular weight is 280 g/mol. The summed E-state index contributed by atoms with van der Waals surface area (Å²) in [5.41, 5.74) is 0.738. The molecule has 0 aliphatic heterocycles. The van der Waals surface area contributed by atoms with Crippen molar-refractivity contribution in [2.75, 3.05) is 31.6 Å². The first-order valence-electron chi connectivity index (χ1n) is 7.44. The number of aliphatic hydroxyl groups is 1. The Morgan fingerprint density at radius 3 is 2.50 bits per heavy atom. The largest absolute Gasteiger partial charge is 0.394 e. The minimum Gasteiger partial charge on any atom is -0.394 e. The van der Waals surface area contributed by atoms with Crippen LogP contribution in [0.4, 0.5) is 10.1 Å². The fourth-order valence-corrected chi connectivity index (χ4v) is 2.78. The molecule has 1 aromatic rings. The van der Waals surface area contributed by atoms with E-state index in [0.717, 1.165) is 25.2 Å². The van der Waals surface area contributed by atoms with Crippen molar-refractivity contribution in [2.45, 2.75) is 31.7 Å². The summed E-state index contributed by atoms with van der Waals surface area (Å²) in [5.74, 6) is 0.323. The first-order valence-corrected chi connectivity index (χ1v) is 7.44. The summed E-state index contributed by atoms with van der Waals surface area (Å²) >= 11 is 0. The highest BCUT2D eigenvalue weighted by atomic mass is 19.1. The Labute approximate surface area is 120 Å². The molecule has 1 atom stereocenters. The standard InChI is InChI=1S/C16H25FN2O/c1-3-10-18-16(12-20,13-4-5-13)11-19(2)15-8-6-14(17)7-9-15/h6-9,13,18,20H,3-5,10-12H2,1-2H3. The number of anilines is 1. The van der Waals surface area contributed by atoms with Gasteiger partial charge >= 0.3 is 0 Å². The fraction of sp³-hybridized carbons (Fsp3) is 0.625. The van der Waals surface area contributed by atoms with Crippen LogP contribution in [0.25, 0.3) is 0 Å². The molecule has 1 saturated carbocycles. The number of nitrogens with one attached hydrogen (secondary N) is 1. The quantitative estimate of drug-likeness (QED) is 0.767. The molecule has 1 unspecified atom stereocenters. The van der Waals surface area contributed by atoms with Crippen LogP contribution < -0.4 is 10.2 Å². The van der Waals surface area contributed by atoms with E-state index in [9.17, 15) is 9.50 Å². The van der Waals surface area contributed by atoms with Crippen LogP contribution >= 0.6 is 0 Å². The number of aliphatic hydroxyl groups excluding tert-OH is 1. The van der Waals surface area contributed by atoms with Crippen LogP contribution in [-0.4, -0.2) is 37.4 Å². The number of likely N-dealkylation sites (N-methyl/N-ethyl adjacent to an activating group) is 1. The lowest BCUT2D eigenvalue weighted by Crippen LogP contribution is -2.57. The second-order valence-corrected chi connectivity index (χ2v) is 5.85. The summed E-state index contributed by atoms with van der Waals surface area (Å²) in [4.78, 5) is 2.09. The van der Waals surface area contributed by atoms with Gasteiger partial charge in [0.2, 0.25) is 0 Å². The van der Waals surface area contributed by atoms with Crippen LogP contribution in [0, 0.1) is 11.7 Å². The van der Waals surface area contributed by atoms with Gasteiger partial charge < -0.3 is 15.3 Å². The van der Waals surface area contributed by atoms with E-state index in [1.165, 1.54) is 25.0 Å². The number of nitrogens with zero attached hydrogens (tertiary/aromatic N) is 1. The molecule has 0 heterocycles. The van der Waals surface area contributed by atoms with Crippen molar-refractivity contribution in [1.29, 1.82) is 0 Å². The summed E-state index contributed by atoms with van der Waals surface area (Å²) < 4.78 is 13.0. The SMILES string of the molecule is CCCNC(CO)(CN(C)c1ccc(F)cc1)C1CC1. The van der Waals surface area contributed by atoms with Crippen LogP contribution in [-0.2, 0) is 0 Å². The highest BCUT2D eigenvalue weighted by Crippen LogP contribution is 2.40. The normalized spacial score (nSPS) is 17.8. The van der Waals surface area contributed by atoms with Crippen LogP contribution in [0.2, 0.25) is 0 Å². The monoisotopic (exact) mass is 280 g/mol. The summed E-state index contributed by atoms with van der Waals surface area (Å²) in [7, 11) is 1.99. The molecule has 1 aromatic carbocycles. The van der Waals surface area contributed by atoms with Crippen molar-refractivity contribution >= 4 is 5.69 Å². The predicted molar refractivity (Wildman–Crippen MR) is 80.5 cm³/mol. The molecule has 3 nitrogen and oxygen atoms in total. The molecular formula is C16H25FN2O. The number of hydrogen-bond acceptors (Lipinski definition) is 3. The van der Waals surface area contributed by atoms with Gasteiger partial charge in [0.05, 0.1) is 12.1 Å². The van der Waals surface area contributed by atoms with Gasteiger partial charge in [-0.2, -0.15) is 0 Å². The second kappa shape index (κ2) is 6.55. The molecule has 20 heavy (non-hydrogen) atoms. The van der Waals surface area contributed by atoms with Crippen LogP contribution in [0.1, 0.15) is 26.2 Å². The van der Waals surface area contributed by atoms with Gasteiger partial charge in [-0.05, 0) is 56.0 Å². The topological polar surface area (TPSA) is 35.5 Å². The van der Waals surface area contributed by atoms with E-state index in [4.69, 9.17) is 0 Å². The highest BCUT2D eigenvalue weighted by Gasteiger charge is 2.45. The van der Waals surface area contributed by atoms with Gasteiger partial charge in [0.1, 0.15) is 5.82 Å². The van der Waals surface area contributed by atoms with E-state index in [1.807, 2.05) is 7.05 Å². The Bertz CT molecular complexity index is 419. The van der Waals surface area contributed by atoms with Crippen molar-refractivity contribution in [3.8, 4) is 0 Å². The average Bonchev–Trinajstić information content (AvgIpc) is 3.29. The Morgan fingerprint density at radius 2 is 2.00 bits per heavy atom. The van der Waals surface area contributed by atoms with E-state index < -0.39 is 0 Å². The van der Waals surface area contributed by atoms with Gasteiger partial charge in [-0.1, -0.05) is 6.92 Å². The number of benzene rings is 1. The summed E-state index contributed by atoms with van der Waals surface area (Å²) in [5, 5.41) is 13.4. The Morgan fingerprint density at radius 1 is 1.35 bits per heavy atom. The van der Waals surface area contributed by atoms with Crippen molar-refractivity contribution in [3.05, 3.63) is 30.1 Å². The summed E-state index contributed by atoms with van der Waals surface area (Å²) in [6.45, 7) is 3.92. The Hall–Kier alpha value is -1.13. The fourth-order valence-electron chi connectivity index (χ4n) is 2.78. The zero-order valence-electron chi connectivity index (χ0n) is 12.4. The van der Waals surface area contributed by atoms with E-state index in [-0.39, 0.29) is 18.0 Å². The molecule has 1 aliphatic carbocycles. The molecule has 0 spiro atoms. The van der Waals surface area contributed by atoms with E-state index in [0.29, 0.717) is 5.92 Å². The van der Waals surface area contributed by atoms with Gasteiger partial charge in [0.15, 0.2) is 0 Å². The third-order valence-electron chi connectivity index (χ3n) is 4.15. The molecule has 0 saturated heterocycles. The lowest BCUT2D eigenvalue weighted by molar-refractivity contribution is 0.145. The highest BCUT2D eigenvalue weighted by molar-refractivity contribution is 5.46. The maximum atomic E-state index is 13.0. The summed E-state index contributed by atoms with van der Waals surface area (Å²) in [6, 6.07) is 6.51. The van der Waals surface area contributed by atoms with E-state index in [1.54, 1.807) is 12.1 Å². The van der Waals surface area contributed by atoms with Crippen LogP contribution in [0.3, 0.4) is 0 Å². The minimum absolute atomic E-state index is 0.142. The van der Waals surface area contributed by atoms with Crippen molar-refractivity contribution < 1.29 is 9.50 Å². The molecule has 1 fully saturated rings. The smallest absolute Gasteiger partial charge is 0.123 e. The molecule has 0 radical (unpaired) electrons.